The summed E-state index contributed by atoms with van der Waals surface area (Å²) < 4.78 is 15.1. The maximum atomic E-state index is 11.5. The van der Waals surface area contributed by atoms with Crippen molar-refractivity contribution in [3.05, 3.63) is 0 Å². The molecule has 1 fully saturated rings. The van der Waals surface area contributed by atoms with Gasteiger partial charge in [-0.15, -0.1) is 0 Å². The second-order valence-corrected chi connectivity index (χ2v) is 3.46. The van der Waals surface area contributed by atoms with Gasteiger partial charge < -0.3 is 24.4 Å². The predicted molar refractivity (Wildman–Crippen MR) is 69.8 cm³/mol. The number of hydrogen-bond acceptors (Lipinski definition) is 5. The minimum Gasteiger partial charge on any atom is -0.447 e. The number of amides is 1. The quantitative estimate of drug-likeness (QED) is 0.715. The molecule has 0 atom stereocenters. The number of hydrogen-bond donors (Lipinski definition) is 1. The number of nitrogens with one attached hydrogen (secondary N) is 1. The maximum Gasteiger partial charge on any atom is 0.409 e. The molecule has 0 unspecified atom stereocenters. The van der Waals surface area contributed by atoms with Gasteiger partial charge in [0.1, 0.15) is 6.61 Å². The van der Waals surface area contributed by atoms with Gasteiger partial charge in [-0.2, -0.15) is 0 Å². The average molecular weight is 262 g/mol. The van der Waals surface area contributed by atoms with E-state index in [1.807, 2.05) is 13.8 Å². The number of methoxy groups -OCH3 is 1. The highest BCUT2D eigenvalue weighted by atomic mass is 16.6. The van der Waals surface area contributed by atoms with E-state index >= 15 is 0 Å². The summed E-state index contributed by atoms with van der Waals surface area (Å²) in [5.41, 5.74) is 0. The fourth-order valence-electron chi connectivity index (χ4n) is 1.37. The average Bonchev–Trinajstić information content (AvgIpc) is 2.45. The number of nitrogens with zero attached hydrogens (tertiary/aromatic N) is 1. The standard InChI is InChI=1S/C10H20N2O4.C2H6/c1-14-6-7-15-8-9-16-10(13)12-4-2-11-3-5-12;1-2/h11H,2-9H2,1H3;1-2H3. The van der Waals surface area contributed by atoms with Gasteiger partial charge in [-0.25, -0.2) is 4.79 Å². The predicted octanol–water partition coefficient (Wildman–Crippen LogP) is 0.717. The lowest BCUT2D eigenvalue weighted by molar-refractivity contribution is 0.0322. The van der Waals surface area contributed by atoms with Crippen molar-refractivity contribution in [3.8, 4) is 0 Å². The van der Waals surface area contributed by atoms with Crippen LogP contribution in [0.5, 0.6) is 0 Å². The van der Waals surface area contributed by atoms with Crippen LogP contribution in [0.4, 0.5) is 4.79 Å². The fourth-order valence-corrected chi connectivity index (χ4v) is 1.37. The monoisotopic (exact) mass is 262 g/mol. The molecule has 1 amide bonds. The number of piperazine rings is 1. The molecular formula is C12H26N2O4. The third-order valence-electron chi connectivity index (χ3n) is 2.26. The Bertz CT molecular complexity index is 197. The Morgan fingerprint density at radius 2 is 1.72 bits per heavy atom. The molecule has 18 heavy (non-hydrogen) atoms. The molecule has 1 aliphatic rings. The molecule has 0 radical (unpaired) electrons. The highest BCUT2D eigenvalue weighted by molar-refractivity contribution is 5.67. The molecule has 1 N–H and O–H groups in total. The zero-order valence-corrected chi connectivity index (χ0v) is 11.7. The van der Waals surface area contributed by atoms with Crippen molar-refractivity contribution in [1.29, 1.82) is 0 Å². The highest BCUT2D eigenvalue weighted by Crippen LogP contribution is 1.96. The van der Waals surface area contributed by atoms with Crippen molar-refractivity contribution in [2.75, 3.05) is 59.7 Å². The van der Waals surface area contributed by atoms with E-state index in [0.29, 0.717) is 39.5 Å². The first-order valence-electron chi connectivity index (χ1n) is 6.53. The molecule has 6 nitrogen and oxygen atoms in total. The van der Waals surface area contributed by atoms with Crippen LogP contribution in [0.25, 0.3) is 0 Å². The first-order valence-corrected chi connectivity index (χ1v) is 6.53. The van der Waals surface area contributed by atoms with Gasteiger partial charge in [-0.3, -0.25) is 0 Å². The second kappa shape index (κ2) is 12.6. The molecule has 0 spiro atoms. The Kier molecular flexibility index (Phi) is 12.0. The third-order valence-corrected chi connectivity index (χ3v) is 2.26. The van der Waals surface area contributed by atoms with Gasteiger partial charge in [0.2, 0.25) is 0 Å². The van der Waals surface area contributed by atoms with Gasteiger partial charge >= 0.3 is 6.09 Å². The molecule has 1 heterocycles. The van der Waals surface area contributed by atoms with Crippen LogP contribution in [0.1, 0.15) is 13.8 Å². The van der Waals surface area contributed by atoms with Gasteiger partial charge in [0.15, 0.2) is 0 Å². The first kappa shape index (κ1) is 17.2. The first-order chi connectivity index (χ1) is 8.84. The van der Waals surface area contributed by atoms with Gasteiger partial charge in [0.05, 0.1) is 19.8 Å². The Labute approximate surface area is 110 Å². The lowest BCUT2D eigenvalue weighted by atomic mass is 10.4. The van der Waals surface area contributed by atoms with Crippen molar-refractivity contribution >= 4 is 6.09 Å². The normalized spacial score (nSPS) is 14.7. The summed E-state index contributed by atoms with van der Waals surface area (Å²) in [6, 6.07) is 0. The summed E-state index contributed by atoms with van der Waals surface area (Å²) >= 11 is 0. The third kappa shape index (κ3) is 8.27. The number of carbonyl (C=O) groups is 1. The van der Waals surface area contributed by atoms with Gasteiger partial charge in [-0.05, 0) is 0 Å². The lowest BCUT2D eigenvalue weighted by Gasteiger charge is -2.26. The lowest BCUT2D eigenvalue weighted by Crippen LogP contribution is -2.46. The largest absolute Gasteiger partial charge is 0.447 e. The van der Waals surface area contributed by atoms with E-state index in [9.17, 15) is 4.79 Å². The van der Waals surface area contributed by atoms with Crippen molar-refractivity contribution in [2.24, 2.45) is 0 Å². The zero-order chi connectivity index (χ0) is 13.6. The topological polar surface area (TPSA) is 60.0 Å². The molecule has 0 saturated carbocycles. The molecule has 1 rings (SSSR count). The molecule has 0 bridgehead atoms. The van der Waals surface area contributed by atoms with Crippen molar-refractivity contribution in [1.82, 2.24) is 10.2 Å². The summed E-state index contributed by atoms with van der Waals surface area (Å²) in [4.78, 5) is 13.2. The molecule has 0 aromatic carbocycles. The molecule has 6 heteroatoms. The summed E-state index contributed by atoms with van der Waals surface area (Å²) in [6.07, 6.45) is -0.253. The van der Waals surface area contributed by atoms with E-state index in [1.54, 1.807) is 12.0 Å². The van der Waals surface area contributed by atoms with Crippen LogP contribution in [-0.2, 0) is 14.2 Å². The molecule has 1 aliphatic heterocycles. The number of rotatable bonds is 6. The van der Waals surface area contributed by atoms with E-state index in [1.165, 1.54) is 0 Å². The van der Waals surface area contributed by atoms with Crippen molar-refractivity contribution < 1.29 is 19.0 Å². The van der Waals surface area contributed by atoms with E-state index in [4.69, 9.17) is 14.2 Å². The summed E-state index contributed by atoms with van der Waals surface area (Å²) in [6.45, 7) is 8.90. The molecular weight excluding hydrogens is 236 g/mol. The van der Waals surface area contributed by atoms with Crippen molar-refractivity contribution in [3.63, 3.8) is 0 Å². The minimum atomic E-state index is -0.253. The Hall–Kier alpha value is -0.850. The molecule has 0 aromatic rings. The van der Waals surface area contributed by atoms with Crippen LogP contribution < -0.4 is 5.32 Å². The van der Waals surface area contributed by atoms with Crippen LogP contribution in [0.15, 0.2) is 0 Å². The highest BCUT2D eigenvalue weighted by Gasteiger charge is 2.16. The molecule has 1 saturated heterocycles. The van der Waals surface area contributed by atoms with Crippen LogP contribution in [0, 0.1) is 0 Å². The van der Waals surface area contributed by atoms with E-state index in [0.717, 1.165) is 13.1 Å². The minimum absolute atomic E-state index is 0.253. The van der Waals surface area contributed by atoms with Gasteiger partial charge in [0.25, 0.3) is 0 Å². The number of ether oxygens (including phenoxy) is 3. The van der Waals surface area contributed by atoms with E-state index in [-0.39, 0.29) is 6.09 Å². The Balaban J connectivity index is 0.00000137. The molecule has 0 aromatic heterocycles. The van der Waals surface area contributed by atoms with Crippen LogP contribution in [-0.4, -0.2) is 70.7 Å². The van der Waals surface area contributed by atoms with E-state index in [2.05, 4.69) is 5.32 Å². The Morgan fingerprint density at radius 3 is 2.33 bits per heavy atom. The zero-order valence-electron chi connectivity index (χ0n) is 11.7. The summed E-state index contributed by atoms with van der Waals surface area (Å²) in [5, 5.41) is 3.17. The summed E-state index contributed by atoms with van der Waals surface area (Å²) in [7, 11) is 1.62. The fraction of sp³-hybridized carbons (Fsp3) is 0.917. The van der Waals surface area contributed by atoms with Crippen LogP contribution >= 0.6 is 0 Å². The molecule has 0 aliphatic carbocycles. The van der Waals surface area contributed by atoms with Crippen LogP contribution in [0.2, 0.25) is 0 Å². The number of carbonyl (C=O) groups excluding carboxylic acids is 1. The smallest absolute Gasteiger partial charge is 0.409 e. The summed E-state index contributed by atoms with van der Waals surface area (Å²) in [5.74, 6) is 0. The molecule has 108 valence electrons. The van der Waals surface area contributed by atoms with Crippen LogP contribution in [0.3, 0.4) is 0 Å². The second-order valence-electron chi connectivity index (χ2n) is 3.46. The van der Waals surface area contributed by atoms with Crippen molar-refractivity contribution in [2.45, 2.75) is 13.8 Å². The SMILES string of the molecule is CC.COCCOCCOC(=O)N1CCNCC1. The van der Waals surface area contributed by atoms with Gasteiger partial charge in [-0.1, -0.05) is 13.8 Å². The maximum absolute atomic E-state index is 11.5. The Morgan fingerprint density at radius 1 is 1.11 bits per heavy atom. The van der Waals surface area contributed by atoms with E-state index < -0.39 is 0 Å². The van der Waals surface area contributed by atoms with Gasteiger partial charge in [0, 0.05) is 33.3 Å².